The molecule has 0 amide bonds. The first-order chi connectivity index (χ1) is 7.46. The van der Waals surface area contributed by atoms with E-state index in [2.05, 4.69) is 6.58 Å². The van der Waals surface area contributed by atoms with Gasteiger partial charge >= 0.3 is 6.18 Å². The summed E-state index contributed by atoms with van der Waals surface area (Å²) in [5.74, 6) is -0.507. The molecule has 1 nitrogen and oxygen atoms in total. The van der Waals surface area contributed by atoms with Gasteiger partial charge in [0.2, 0.25) is 0 Å². The van der Waals surface area contributed by atoms with E-state index < -0.39 is 17.5 Å². The minimum atomic E-state index is -4.49. The Balaban J connectivity index is 3.04. The Morgan fingerprint density at radius 2 is 1.94 bits per heavy atom. The van der Waals surface area contributed by atoms with Crippen LogP contribution < -0.4 is 0 Å². The molecule has 0 saturated carbocycles. The molecule has 1 aromatic rings. The topological polar surface area (TPSA) is 17.1 Å². The average molecular weight is 228 g/mol. The molecule has 0 saturated heterocycles. The molecule has 0 fully saturated rings. The van der Waals surface area contributed by atoms with Gasteiger partial charge in [-0.3, -0.25) is 4.79 Å². The third-order valence-electron chi connectivity index (χ3n) is 2.11. The number of hydrogen-bond donors (Lipinski definition) is 0. The maximum Gasteiger partial charge on any atom is 0.417 e. The van der Waals surface area contributed by atoms with E-state index in [0.717, 1.165) is 6.07 Å². The maximum atomic E-state index is 12.6. The number of halogens is 3. The molecule has 0 atom stereocenters. The van der Waals surface area contributed by atoms with Crippen molar-refractivity contribution < 1.29 is 18.0 Å². The molecule has 4 heteroatoms. The van der Waals surface area contributed by atoms with Gasteiger partial charge in [-0.05, 0) is 12.5 Å². The van der Waals surface area contributed by atoms with Gasteiger partial charge in [0.1, 0.15) is 0 Å². The van der Waals surface area contributed by atoms with Crippen molar-refractivity contribution in [1.82, 2.24) is 0 Å². The summed E-state index contributed by atoms with van der Waals surface area (Å²) in [6.45, 7) is 3.42. The zero-order chi connectivity index (χ0) is 12.2. The summed E-state index contributed by atoms with van der Waals surface area (Å²) < 4.78 is 37.7. The van der Waals surface area contributed by atoms with Crippen LogP contribution >= 0.6 is 0 Å². The fraction of sp³-hybridized carbons (Fsp3) is 0.250. The minimum absolute atomic E-state index is 0.0522. The van der Waals surface area contributed by atoms with Crippen molar-refractivity contribution in [2.45, 2.75) is 19.0 Å². The number of alkyl halides is 3. The highest BCUT2D eigenvalue weighted by Crippen LogP contribution is 2.32. The van der Waals surface area contributed by atoms with E-state index in [-0.39, 0.29) is 12.0 Å². The van der Waals surface area contributed by atoms with Gasteiger partial charge in [0.15, 0.2) is 5.78 Å². The predicted octanol–water partition coefficient (Wildman–Crippen LogP) is 3.85. The summed E-state index contributed by atoms with van der Waals surface area (Å²) >= 11 is 0. The highest BCUT2D eigenvalue weighted by molar-refractivity contribution is 5.97. The Kier molecular flexibility index (Phi) is 3.88. The monoisotopic (exact) mass is 228 g/mol. The molecule has 1 rings (SSSR count). The van der Waals surface area contributed by atoms with Crippen LogP contribution in [0.1, 0.15) is 28.8 Å². The van der Waals surface area contributed by atoms with Crippen LogP contribution in [0.15, 0.2) is 36.9 Å². The van der Waals surface area contributed by atoms with E-state index in [4.69, 9.17) is 0 Å². The van der Waals surface area contributed by atoms with Gasteiger partial charge in [0.05, 0.1) is 5.56 Å². The second-order valence-electron chi connectivity index (χ2n) is 3.29. The minimum Gasteiger partial charge on any atom is -0.294 e. The number of rotatable bonds is 4. The lowest BCUT2D eigenvalue weighted by Crippen LogP contribution is -2.12. The average Bonchev–Trinajstić information content (AvgIpc) is 2.24. The Bertz CT molecular complexity index is 393. The lowest BCUT2D eigenvalue weighted by molar-refractivity contribution is -0.137. The molecule has 1 aromatic carbocycles. The van der Waals surface area contributed by atoms with Crippen LogP contribution in [0.3, 0.4) is 0 Å². The van der Waals surface area contributed by atoms with E-state index in [1.54, 1.807) is 0 Å². The fourth-order valence-electron chi connectivity index (χ4n) is 1.34. The first kappa shape index (κ1) is 12.5. The van der Waals surface area contributed by atoms with Crippen molar-refractivity contribution >= 4 is 5.78 Å². The van der Waals surface area contributed by atoms with Crippen LogP contribution in [0.5, 0.6) is 0 Å². The molecular formula is C12H11F3O. The van der Waals surface area contributed by atoms with Gasteiger partial charge in [-0.15, -0.1) is 6.58 Å². The second kappa shape index (κ2) is 4.96. The Morgan fingerprint density at radius 1 is 1.31 bits per heavy atom. The molecule has 0 aliphatic heterocycles. The zero-order valence-electron chi connectivity index (χ0n) is 8.55. The van der Waals surface area contributed by atoms with Crippen LogP contribution in [-0.4, -0.2) is 5.78 Å². The number of Topliss-reactive ketones (excluding diaryl/α,β-unsaturated/α-hetero) is 1. The van der Waals surface area contributed by atoms with Crippen molar-refractivity contribution in [3.05, 3.63) is 48.0 Å². The van der Waals surface area contributed by atoms with Gasteiger partial charge < -0.3 is 0 Å². The first-order valence-corrected chi connectivity index (χ1v) is 4.77. The quantitative estimate of drug-likeness (QED) is 0.565. The van der Waals surface area contributed by atoms with E-state index in [9.17, 15) is 18.0 Å². The Morgan fingerprint density at radius 3 is 2.50 bits per heavy atom. The number of carbonyl (C=O) groups is 1. The van der Waals surface area contributed by atoms with Gasteiger partial charge in [-0.2, -0.15) is 13.2 Å². The van der Waals surface area contributed by atoms with Crippen molar-refractivity contribution in [2.75, 3.05) is 0 Å². The lowest BCUT2D eigenvalue weighted by atomic mass is 10.0. The van der Waals surface area contributed by atoms with Crippen molar-refractivity contribution in [3.8, 4) is 0 Å². The molecule has 0 aliphatic carbocycles. The third kappa shape index (κ3) is 2.95. The highest BCUT2D eigenvalue weighted by atomic mass is 19.4. The molecule has 0 spiro atoms. The smallest absolute Gasteiger partial charge is 0.294 e. The van der Waals surface area contributed by atoms with Crippen LogP contribution in [0, 0.1) is 0 Å². The van der Waals surface area contributed by atoms with Crippen LogP contribution in [0.4, 0.5) is 13.2 Å². The number of allylic oxidation sites excluding steroid dienone is 1. The van der Waals surface area contributed by atoms with E-state index in [0.29, 0.717) is 6.42 Å². The fourth-order valence-corrected chi connectivity index (χ4v) is 1.34. The molecule has 0 aromatic heterocycles. The highest BCUT2D eigenvalue weighted by Gasteiger charge is 2.34. The summed E-state index contributed by atoms with van der Waals surface area (Å²) in [5.41, 5.74) is -1.14. The number of carbonyl (C=O) groups excluding carboxylic acids is 1. The Labute approximate surface area is 91.6 Å². The van der Waals surface area contributed by atoms with Crippen LogP contribution in [0.25, 0.3) is 0 Å². The summed E-state index contributed by atoms with van der Waals surface area (Å²) in [6.07, 6.45) is -2.55. The second-order valence-corrected chi connectivity index (χ2v) is 3.29. The molecule has 0 bridgehead atoms. The third-order valence-corrected chi connectivity index (χ3v) is 2.11. The first-order valence-electron chi connectivity index (χ1n) is 4.77. The van der Waals surface area contributed by atoms with E-state index >= 15 is 0 Å². The lowest BCUT2D eigenvalue weighted by Gasteiger charge is -2.11. The summed E-state index contributed by atoms with van der Waals surface area (Å²) in [7, 11) is 0. The molecule has 0 radical (unpaired) electrons. The molecule has 0 N–H and O–H groups in total. The van der Waals surface area contributed by atoms with Crippen molar-refractivity contribution in [2.24, 2.45) is 0 Å². The SMILES string of the molecule is C=CCCC(=O)c1ccccc1C(F)(F)F. The maximum absolute atomic E-state index is 12.6. The largest absolute Gasteiger partial charge is 0.417 e. The molecule has 0 unspecified atom stereocenters. The van der Waals surface area contributed by atoms with E-state index in [1.807, 2.05) is 0 Å². The van der Waals surface area contributed by atoms with Gasteiger partial charge in [-0.1, -0.05) is 24.3 Å². The normalized spacial score (nSPS) is 11.2. The summed E-state index contributed by atoms with van der Waals surface area (Å²) in [6, 6.07) is 4.82. The number of hydrogen-bond acceptors (Lipinski definition) is 1. The predicted molar refractivity (Wildman–Crippen MR) is 55.2 cm³/mol. The molecule has 0 aliphatic rings. The van der Waals surface area contributed by atoms with Gasteiger partial charge in [0, 0.05) is 12.0 Å². The van der Waals surface area contributed by atoms with Crippen LogP contribution in [-0.2, 0) is 6.18 Å². The molecule has 16 heavy (non-hydrogen) atoms. The molecule has 0 heterocycles. The summed E-state index contributed by atoms with van der Waals surface area (Å²) in [5, 5.41) is 0. The Hall–Kier alpha value is -1.58. The van der Waals surface area contributed by atoms with E-state index in [1.165, 1.54) is 24.3 Å². The van der Waals surface area contributed by atoms with Crippen molar-refractivity contribution in [1.29, 1.82) is 0 Å². The number of ketones is 1. The standard InChI is InChI=1S/C12H11F3O/c1-2-3-8-11(16)9-6-4-5-7-10(9)12(13,14)15/h2,4-7H,1,3,8H2. The zero-order valence-corrected chi connectivity index (χ0v) is 8.55. The number of benzene rings is 1. The molecular weight excluding hydrogens is 217 g/mol. The van der Waals surface area contributed by atoms with Crippen molar-refractivity contribution in [3.63, 3.8) is 0 Å². The van der Waals surface area contributed by atoms with Gasteiger partial charge in [0.25, 0.3) is 0 Å². The van der Waals surface area contributed by atoms with Crippen LogP contribution in [0.2, 0.25) is 0 Å². The molecule has 86 valence electrons. The summed E-state index contributed by atoms with van der Waals surface area (Å²) in [4.78, 5) is 11.5. The van der Waals surface area contributed by atoms with Gasteiger partial charge in [-0.25, -0.2) is 0 Å².